The predicted octanol–water partition coefficient (Wildman–Crippen LogP) is 3.14. The summed E-state index contributed by atoms with van der Waals surface area (Å²) in [7, 11) is 0. The van der Waals surface area contributed by atoms with Gasteiger partial charge >= 0.3 is 6.18 Å². The maximum absolute atomic E-state index is 12.7. The van der Waals surface area contributed by atoms with E-state index in [9.17, 15) is 18.0 Å². The quantitative estimate of drug-likeness (QED) is 0.878. The summed E-state index contributed by atoms with van der Waals surface area (Å²) in [5, 5.41) is 0. The molecular weight excluding hydrogens is 283 g/mol. The Bertz CT molecular complexity index is 480. The summed E-state index contributed by atoms with van der Waals surface area (Å²) in [5.74, 6) is -0.686. The molecule has 0 radical (unpaired) electrons. The van der Waals surface area contributed by atoms with Gasteiger partial charge in [-0.05, 0) is 18.4 Å². The number of nitrogens with two attached hydrogens (primary N) is 1. The highest BCUT2D eigenvalue weighted by Crippen LogP contribution is 2.21. The van der Waals surface area contributed by atoms with E-state index >= 15 is 0 Å². The Morgan fingerprint density at radius 1 is 1.43 bits per heavy atom. The molecule has 0 bridgehead atoms. The Morgan fingerprint density at radius 3 is 2.52 bits per heavy atom. The largest absolute Gasteiger partial charge is 0.406 e. The van der Waals surface area contributed by atoms with E-state index in [1.807, 2.05) is 6.92 Å². The molecule has 2 N–H and O–H groups in total. The Balaban J connectivity index is 3.04. The van der Waals surface area contributed by atoms with Crippen molar-refractivity contribution in [2.45, 2.75) is 39.9 Å². The number of nitrogens with zero attached hydrogens (tertiary/aromatic N) is 2. The van der Waals surface area contributed by atoms with E-state index in [0.717, 1.165) is 11.3 Å². The Labute approximate surface area is 122 Å². The lowest BCUT2D eigenvalue weighted by atomic mass is 10.2. The predicted molar refractivity (Wildman–Crippen MR) is 75.9 cm³/mol. The van der Waals surface area contributed by atoms with Crippen LogP contribution in [0.3, 0.4) is 0 Å². The standard InChI is InChI=1S/C14H22F3N3O/c1-4-5-19-8-11(18)6-12(19)13(21)20(7-10(2)3)9-14(15,16)17/h6,8,10H,4-5,7,9,18H2,1-3H3. The Hall–Kier alpha value is -1.66. The van der Waals surface area contributed by atoms with Gasteiger partial charge in [0.25, 0.3) is 5.91 Å². The van der Waals surface area contributed by atoms with Gasteiger partial charge in [0.05, 0.1) is 5.69 Å². The molecule has 7 heteroatoms. The molecule has 21 heavy (non-hydrogen) atoms. The lowest BCUT2D eigenvalue weighted by molar-refractivity contribution is -0.141. The molecule has 0 fully saturated rings. The van der Waals surface area contributed by atoms with E-state index in [1.54, 1.807) is 24.6 Å². The van der Waals surface area contributed by atoms with Gasteiger partial charge in [0.2, 0.25) is 0 Å². The fraction of sp³-hybridized carbons (Fsp3) is 0.643. The van der Waals surface area contributed by atoms with Crippen molar-refractivity contribution in [3.05, 3.63) is 18.0 Å². The van der Waals surface area contributed by atoms with Crippen LogP contribution in [-0.2, 0) is 6.54 Å². The highest BCUT2D eigenvalue weighted by atomic mass is 19.4. The van der Waals surface area contributed by atoms with Crippen LogP contribution >= 0.6 is 0 Å². The van der Waals surface area contributed by atoms with Crippen LogP contribution in [-0.4, -0.2) is 34.6 Å². The normalized spacial score (nSPS) is 12.0. The molecule has 0 aliphatic heterocycles. The van der Waals surface area contributed by atoms with Crippen molar-refractivity contribution in [1.82, 2.24) is 9.47 Å². The molecule has 0 saturated carbocycles. The molecule has 0 saturated heterocycles. The smallest absolute Gasteiger partial charge is 0.397 e. The summed E-state index contributed by atoms with van der Waals surface area (Å²) in [6, 6.07) is 1.43. The molecule has 1 heterocycles. The number of hydrogen-bond acceptors (Lipinski definition) is 2. The van der Waals surface area contributed by atoms with Crippen LogP contribution in [0.25, 0.3) is 0 Å². The molecular formula is C14H22F3N3O. The van der Waals surface area contributed by atoms with Crippen molar-refractivity contribution >= 4 is 11.6 Å². The lowest BCUT2D eigenvalue weighted by Crippen LogP contribution is -2.41. The summed E-state index contributed by atoms with van der Waals surface area (Å²) in [6.07, 6.45) is -2.08. The van der Waals surface area contributed by atoms with Gasteiger partial charge in [-0.2, -0.15) is 13.2 Å². The minimum Gasteiger partial charge on any atom is -0.397 e. The van der Waals surface area contributed by atoms with Crippen LogP contribution in [0.2, 0.25) is 0 Å². The minimum atomic E-state index is -4.42. The average molecular weight is 305 g/mol. The number of rotatable bonds is 6. The first-order chi connectivity index (χ1) is 9.64. The van der Waals surface area contributed by atoms with E-state index < -0.39 is 18.6 Å². The second-order valence-corrected chi connectivity index (χ2v) is 5.55. The average Bonchev–Trinajstić information content (AvgIpc) is 2.66. The fourth-order valence-corrected chi connectivity index (χ4v) is 2.18. The Morgan fingerprint density at radius 2 is 2.05 bits per heavy atom. The number of carbonyl (C=O) groups excluding carboxylic acids is 1. The van der Waals surface area contributed by atoms with Crippen molar-refractivity contribution < 1.29 is 18.0 Å². The third-order valence-electron chi connectivity index (χ3n) is 2.84. The summed E-state index contributed by atoms with van der Waals surface area (Å²) >= 11 is 0. The minimum absolute atomic E-state index is 0.0511. The number of aromatic nitrogens is 1. The van der Waals surface area contributed by atoms with Crippen molar-refractivity contribution in [3.63, 3.8) is 0 Å². The zero-order chi connectivity index (χ0) is 16.2. The monoisotopic (exact) mass is 305 g/mol. The van der Waals surface area contributed by atoms with Gasteiger partial charge in [-0.25, -0.2) is 0 Å². The van der Waals surface area contributed by atoms with Crippen LogP contribution in [0.15, 0.2) is 12.3 Å². The SMILES string of the molecule is CCCn1cc(N)cc1C(=O)N(CC(C)C)CC(F)(F)F. The van der Waals surface area contributed by atoms with Crippen molar-refractivity contribution in [2.75, 3.05) is 18.8 Å². The van der Waals surface area contributed by atoms with Crippen LogP contribution < -0.4 is 5.73 Å². The van der Waals surface area contributed by atoms with Crippen molar-refractivity contribution in [2.24, 2.45) is 5.92 Å². The number of alkyl halides is 3. The second-order valence-electron chi connectivity index (χ2n) is 5.55. The molecule has 0 spiro atoms. The number of halogens is 3. The van der Waals surface area contributed by atoms with Crippen molar-refractivity contribution in [1.29, 1.82) is 0 Å². The van der Waals surface area contributed by atoms with Crippen molar-refractivity contribution in [3.8, 4) is 0 Å². The number of aryl methyl sites for hydroxylation is 1. The maximum Gasteiger partial charge on any atom is 0.406 e. The van der Waals surface area contributed by atoms with E-state index in [2.05, 4.69) is 0 Å². The second kappa shape index (κ2) is 6.87. The fourth-order valence-electron chi connectivity index (χ4n) is 2.18. The van der Waals surface area contributed by atoms with Gasteiger partial charge in [0.15, 0.2) is 0 Å². The summed E-state index contributed by atoms with van der Waals surface area (Å²) in [6.45, 7) is 4.81. The first kappa shape index (κ1) is 17.4. The zero-order valence-electron chi connectivity index (χ0n) is 12.6. The Kier molecular flexibility index (Phi) is 5.69. The van der Waals surface area contributed by atoms with Crippen LogP contribution in [0.5, 0.6) is 0 Å². The highest BCUT2D eigenvalue weighted by molar-refractivity contribution is 5.94. The first-order valence-electron chi connectivity index (χ1n) is 6.95. The molecule has 1 amide bonds. The molecule has 120 valence electrons. The molecule has 1 aromatic rings. The maximum atomic E-state index is 12.7. The van der Waals surface area contributed by atoms with Gasteiger partial charge in [-0.15, -0.1) is 0 Å². The third kappa shape index (κ3) is 5.32. The van der Waals surface area contributed by atoms with E-state index in [4.69, 9.17) is 5.73 Å². The van der Waals surface area contributed by atoms with Gasteiger partial charge in [-0.3, -0.25) is 4.79 Å². The van der Waals surface area contributed by atoms with Crippen LogP contribution in [0.4, 0.5) is 18.9 Å². The zero-order valence-corrected chi connectivity index (χ0v) is 12.6. The van der Waals surface area contributed by atoms with Crippen LogP contribution in [0, 0.1) is 5.92 Å². The summed E-state index contributed by atoms with van der Waals surface area (Å²) in [5.41, 5.74) is 6.25. The number of hydrogen-bond donors (Lipinski definition) is 1. The molecule has 0 aromatic carbocycles. The summed E-state index contributed by atoms with van der Waals surface area (Å²) in [4.78, 5) is 13.3. The molecule has 0 aliphatic carbocycles. The van der Waals surface area contributed by atoms with Crippen LogP contribution in [0.1, 0.15) is 37.7 Å². The number of nitrogen functional groups attached to an aromatic ring is 1. The molecule has 1 aromatic heterocycles. The number of amides is 1. The molecule has 1 rings (SSSR count). The number of carbonyl (C=O) groups is 1. The van der Waals surface area contributed by atoms with Gasteiger partial charge < -0.3 is 15.2 Å². The molecule has 0 unspecified atom stereocenters. The first-order valence-corrected chi connectivity index (χ1v) is 6.95. The van der Waals surface area contributed by atoms with E-state index in [-0.39, 0.29) is 18.2 Å². The van der Waals surface area contributed by atoms with E-state index in [1.165, 1.54) is 6.07 Å². The highest BCUT2D eigenvalue weighted by Gasteiger charge is 2.34. The van der Waals surface area contributed by atoms with Gasteiger partial charge in [0.1, 0.15) is 12.2 Å². The molecule has 0 aliphatic rings. The molecule has 0 atom stereocenters. The third-order valence-corrected chi connectivity index (χ3v) is 2.84. The summed E-state index contributed by atoms with van der Waals surface area (Å²) < 4.78 is 39.6. The topological polar surface area (TPSA) is 51.3 Å². The lowest BCUT2D eigenvalue weighted by Gasteiger charge is -2.26. The van der Waals surface area contributed by atoms with Gasteiger partial charge in [-0.1, -0.05) is 20.8 Å². The van der Waals surface area contributed by atoms with Gasteiger partial charge in [0, 0.05) is 19.3 Å². The molecule has 4 nitrogen and oxygen atoms in total. The van der Waals surface area contributed by atoms with E-state index in [0.29, 0.717) is 12.2 Å². The number of anilines is 1.